The quantitative estimate of drug-likeness (QED) is 0.744. The molecule has 0 saturated heterocycles. The predicted molar refractivity (Wildman–Crippen MR) is 79.6 cm³/mol. The molecule has 6 nitrogen and oxygen atoms in total. The van der Waals surface area contributed by atoms with Crippen molar-refractivity contribution in [2.75, 3.05) is 23.8 Å². The molecular weight excluding hydrogens is 254 g/mol. The van der Waals surface area contributed by atoms with Crippen molar-refractivity contribution >= 4 is 11.8 Å². The van der Waals surface area contributed by atoms with Gasteiger partial charge in [0.1, 0.15) is 5.82 Å². The fraction of sp³-hybridized carbons (Fsp3) is 0.357. The molecule has 2 rings (SSSR count). The van der Waals surface area contributed by atoms with Gasteiger partial charge in [-0.25, -0.2) is 4.98 Å². The van der Waals surface area contributed by atoms with Gasteiger partial charge < -0.3 is 15.7 Å². The number of aliphatic hydroxyl groups is 1. The highest BCUT2D eigenvalue weighted by molar-refractivity contribution is 5.63. The van der Waals surface area contributed by atoms with Crippen LogP contribution < -0.4 is 10.6 Å². The summed E-state index contributed by atoms with van der Waals surface area (Å²) in [6, 6.07) is 5.60. The van der Waals surface area contributed by atoms with E-state index < -0.39 is 0 Å². The summed E-state index contributed by atoms with van der Waals surface area (Å²) in [6.45, 7) is 4.68. The van der Waals surface area contributed by atoms with E-state index in [1.807, 2.05) is 32.0 Å². The Labute approximate surface area is 118 Å². The molecule has 0 radical (unpaired) electrons. The zero-order valence-corrected chi connectivity index (χ0v) is 11.7. The topological polar surface area (TPSA) is 83.0 Å². The van der Waals surface area contributed by atoms with E-state index in [9.17, 15) is 0 Å². The number of aliphatic hydroxyl groups excluding tert-OH is 1. The Bertz CT molecular complexity index is 547. The maximum absolute atomic E-state index is 9.11. The minimum absolute atomic E-state index is 0.0248. The Kier molecular flexibility index (Phi) is 4.84. The van der Waals surface area contributed by atoms with E-state index in [0.29, 0.717) is 5.95 Å². The van der Waals surface area contributed by atoms with E-state index in [4.69, 9.17) is 5.11 Å². The van der Waals surface area contributed by atoms with Gasteiger partial charge in [0.15, 0.2) is 0 Å². The molecule has 20 heavy (non-hydrogen) atoms. The van der Waals surface area contributed by atoms with Gasteiger partial charge in [-0.1, -0.05) is 0 Å². The van der Waals surface area contributed by atoms with Crippen molar-refractivity contribution in [3.63, 3.8) is 0 Å². The lowest BCUT2D eigenvalue weighted by atomic mass is 10.2. The first kappa shape index (κ1) is 14.2. The van der Waals surface area contributed by atoms with Crippen LogP contribution in [0.25, 0.3) is 11.3 Å². The molecule has 0 fully saturated rings. The van der Waals surface area contributed by atoms with Crippen molar-refractivity contribution in [1.82, 2.24) is 15.0 Å². The lowest BCUT2D eigenvalue weighted by Crippen LogP contribution is -2.21. The first-order valence-electron chi connectivity index (χ1n) is 6.63. The molecule has 2 aromatic heterocycles. The third kappa shape index (κ3) is 3.64. The summed E-state index contributed by atoms with van der Waals surface area (Å²) in [5.41, 5.74) is 1.71. The maximum atomic E-state index is 9.11. The average molecular weight is 273 g/mol. The molecule has 2 heterocycles. The number of hydrogen-bond acceptors (Lipinski definition) is 6. The lowest BCUT2D eigenvalue weighted by molar-refractivity contribution is 0.281. The number of aromatic nitrogens is 3. The van der Waals surface area contributed by atoms with Crippen molar-refractivity contribution in [3.05, 3.63) is 30.6 Å². The number of pyridine rings is 1. The molecule has 106 valence electrons. The lowest BCUT2D eigenvalue weighted by Gasteiger charge is -2.13. The maximum Gasteiger partial charge on any atom is 0.225 e. The largest absolute Gasteiger partial charge is 0.394 e. The van der Waals surface area contributed by atoms with E-state index in [1.165, 1.54) is 0 Å². The summed E-state index contributed by atoms with van der Waals surface area (Å²) in [4.78, 5) is 12.9. The highest BCUT2D eigenvalue weighted by Gasteiger charge is 2.08. The van der Waals surface area contributed by atoms with Crippen LogP contribution in [0.3, 0.4) is 0 Å². The van der Waals surface area contributed by atoms with Crippen LogP contribution in [-0.2, 0) is 0 Å². The Balaban J connectivity index is 2.35. The van der Waals surface area contributed by atoms with E-state index in [-0.39, 0.29) is 12.6 Å². The fourth-order valence-corrected chi connectivity index (χ4v) is 1.71. The van der Waals surface area contributed by atoms with Crippen molar-refractivity contribution < 1.29 is 5.11 Å². The van der Waals surface area contributed by atoms with Crippen LogP contribution in [0.15, 0.2) is 30.6 Å². The normalized spacial score (nSPS) is 11.9. The molecule has 2 aromatic rings. The molecule has 0 aliphatic rings. The fourth-order valence-electron chi connectivity index (χ4n) is 1.71. The number of hydrogen-bond donors (Lipinski definition) is 3. The minimum atomic E-state index is -0.103. The molecular formula is C14H19N5O. The Hall–Kier alpha value is -2.21. The van der Waals surface area contributed by atoms with Crippen LogP contribution in [0.5, 0.6) is 0 Å². The summed E-state index contributed by atoms with van der Waals surface area (Å²) in [6.07, 6.45) is 3.49. The SMILES string of the molecule is CCNc1cc(-c2cccnc2)nc(N[C@@H](C)CO)n1. The van der Waals surface area contributed by atoms with Crippen molar-refractivity contribution in [1.29, 1.82) is 0 Å². The average Bonchev–Trinajstić information content (AvgIpc) is 2.48. The number of anilines is 2. The van der Waals surface area contributed by atoms with Crippen molar-refractivity contribution in [2.24, 2.45) is 0 Å². The molecule has 6 heteroatoms. The number of nitrogens with zero attached hydrogens (tertiary/aromatic N) is 3. The second-order valence-corrected chi connectivity index (χ2v) is 4.46. The zero-order valence-electron chi connectivity index (χ0n) is 11.7. The summed E-state index contributed by atoms with van der Waals surface area (Å²) in [5.74, 6) is 1.23. The second kappa shape index (κ2) is 6.81. The van der Waals surface area contributed by atoms with E-state index in [2.05, 4.69) is 25.6 Å². The molecule has 0 aliphatic carbocycles. The van der Waals surface area contributed by atoms with Gasteiger partial charge in [-0.05, 0) is 26.0 Å². The van der Waals surface area contributed by atoms with E-state index in [1.54, 1.807) is 12.4 Å². The van der Waals surface area contributed by atoms with Crippen LogP contribution >= 0.6 is 0 Å². The molecule has 0 unspecified atom stereocenters. The van der Waals surface area contributed by atoms with Crippen LogP contribution in [0.4, 0.5) is 11.8 Å². The first-order valence-corrected chi connectivity index (χ1v) is 6.63. The van der Waals surface area contributed by atoms with E-state index in [0.717, 1.165) is 23.6 Å². The highest BCUT2D eigenvalue weighted by atomic mass is 16.3. The molecule has 0 aliphatic heterocycles. The predicted octanol–water partition coefficient (Wildman–Crippen LogP) is 1.76. The smallest absolute Gasteiger partial charge is 0.225 e. The molecule has 0 saturated carbocycles. The molecule has 3 N–H and O–H groups in total. The molecule has 0 bridgehead atoms. The van der Waals surface area contributed by atoms with Crippen molar-refractivity contribution in [3.8, 4) is 11.3 Å². The zero-order chi connectivity index (χ0) is 14.4. The van der Waals surface area contributed by atoms with Gasteiger partial charge in [-0.15, -0.1) is 0 Å². The van der Waals surface area contributed by atoms with Gasteiger partial charge in [0.05, 0.1) is 12.3 Å². The van der Waals surface area contributed by atoms with E-state index >= 15 is 0 Å². The Morgan fingerprint density at radius 1 is 1.35 bits per heavy atom. The highest BCUT2D eigenvalue weighted by Crippen LogP contribution is 2.20. The van der Waals surface area contributed by atoms with Crippen LogP contribution in [0, 0.1) is 0 Å². The standard InChI is InChI=1S/C14H19N5O/c1-3-16-13-7-12(11-5-4-6-15-8-11)18-14(19-13)17-10(2)9-20/h4-8,10,20H,3,9H2,1-2H3,(H2,16,17,18,19)/t10-/m0/s1. The van der Waals surface area contributed by atoms with Gasteiger partial charge >= 0.3 is 0 Å². The van der Waals surface area contributed by atoms with Crippen LogP contribution in [-0.4, -0.2) is 39.3 Å². The molecule has 1 atom stereocenters. The molecule has 0 spiro atoms. The summed E-state index contributed by atoms with van der Waals surface area (Å²) in [5, 5.41) is 15.4. The molecule has 0 amide bonds. The third-order valence-electron chi connectivity index (χ3n) is 2.69. The van der Waals surface area contributed by atoms with Crippen molar-refractivity contribution in [2.45, 2.75) is 19.9 Å². The molecule has 0 aromatic carbocycles. The van der Waals surface area contributed by atoms with Gasteiger partial charge in [0.25, 0.3) is 0 Å². The van der Waals surface area contributed by atoms with Crippen LogP contribution in [0.2, 0.25) is 0 Å². The summed E-state index contributed by atoms with van der Waals surface area (Å²) >= 11 is 0. The number of nitrogens with one attached hydrogen (secondary N) is 2. The first-order chi connectivity index (χ1) is 9.72. The summed E-state index contributed by atoms with van der Waals surface area (Å²) < 4.78 is 0. The summed E-state index contributed by atoms with van der Waals surface area (Å²) in [7, 11) is 0. The monoisotopic (exact) mass is 273 g/mol. The second-order valence-electron chi connectivity index (χ2n) is 4.46. The van der Waals surface area contributed by atoms with Gasteiger partial charge in [-0.2, -0.15) is 4.98 Å². The van der Waals surface area contributed by atoms with Gasteiger partial charge in [0.2, 0.25) is 5.95 Å². The Morgan fingerprint density at radius 3 is 2.85 bits per heavy atom. The third-order valence-corrected chi connectivity index (χ3v) is 2.69. The minimum Gasteiger partial charge on any atom is -0.394 e. The van der Waals surface area contributed by atoms with Crippen LogP contribution in [0.1, 0.15) is 13.8 Å². The van der Waals surface area contributed by atoms with Gasteiger partial charge in [-0.3, -0.25) is 4.98 Å². The van der Waals surface area contributed by atoms with Gasteiger partial charge in [0, 0.05) is 36.6 Å². The Morgan fingerprint density at radius 2 is 2.20 bits per heavy atom. The number of rotatable bonds is 6.